The molecule has 0 bridgehead atoms. The highest BCUT2D eigenvalue weighted by Crippen LogP contribution is 2.17. The van der Waals surface area contributed by atoms with Crippen molar-refractivity contribution in [1.29, 1.82) is 0 Å². The highest BCUT2D eigenvalue weighted by Gasteiger charge is 2.07. The van der Waals surface area contributed by atoms with E-state index in [0.29, 0.717) is 4.90 Å². The number of benzene rings is 1. The van der Waals surface area contributed by atoms with Crippen LogP contribution in [0.15, 0.2) is 35.2 Å². The first-order valence-corrected chi connectivity index (χ1v) is 6.43. The summed E-state index contributed by atoms with van der Waals surface area (Å²) in [6.45, 7) is 1.88. The van der Waals surface area contributed by atoms with Gasteiger partial charge in [0.1, 0.15) is 0 Å². The smallest absolute Gasteiger partial charge is 0.175 e. The third-order valence-electron chi connectivity index (χ3n) is 2.23. The summed E-state index contributed by atoms with van der Waals surface area (Å²) in [6, 6.07) is 8.83. The van der Waals surface area contributed by atoms with Crippen LogP contribution in [0.3, 0.4) is 0 Å². The number of hydrogen-bond donors (Lipinski definition) is 0. The molecular weight excluding hydrogens is 210 g/mol. The van der Waals surface area contributed by atoms with Crippen molar-refractivity contribution >= 4 is 20.7 Å². The average molecular weight is 221 g/mol. The van der Waals surface area contributed by atoms with Crippen molar-refractivity contribution < 1.29 is 8.42 Å². The summed E-state index contributed by atoms with van der Waals surface area (Å²) in [5.74, 6) is 0. The van der Waals surface area contributed by atoms with Crippen LogP contribution in [-0.4, -0.2) is 19.7 Å². The molecule has 1 aromatic heterocycles. The molecule has 2 rings (SSSR count). The van der Waals surface area contributed by atoms with E-state index >= 15 is 0 Å². The maximum atomic E-state index is 11.3. The van der Waals surface area contributed by atoms with Crippen molar-refractivity contribution in [3.8, 4) is 0 Å². The van der Waals surface area contributed by atoms with Crippen LogP contribution >= 0.6 is 0 Å². The molecule has 2 aromatic rings. The third-order valence-corrected chi connectivity index (χ3v) is 3.34. The first kappa shape index (κ1) is 10.1. The minimum atomic E-state index is -3.15. The van der Waals surface area contributed by atoms with Gasteiger partial charge in [0.2, 0.25) is 0 Å². The van der Waals surface area contributed by atoms with Gasteiger partial charge < -0.3 is 0 Å². The summed E-state index contributed by atoms with van der Waals surface area (Å²) in [5, 5.41) is 0.952. The van der Waals surface area contributed by atoms with Crippen LogP contribution < -0.4 is 0 Å². The zero-order valence-corrected chi connectivity index (χ0v) is 9.38. The molecule has 0 saturated carbocycles. The van der Waals surface area contributed by atoms with Crippen LogP contribution in [0.4, 0.5) is 0 Å². The van der Waals surface area contributed by atoms with Gasteiger partial charge in [0.15, 0.2) is 9.84 Å². The summed E-state index contributed by atoms with van der Waals surface area (Å²) in [6.07, 6.45) is 1.20. The minimum absolute atomic E-state index is 0.313. The topological polar surface area (TPSA) is 47.0 Å². The predicted octanol–water partition coefficient (Wildman–Crippen LogP) is 1.95. The SMILES string of the molecule is Cc1ccc2ccc(S(C)(=O)=O)cc2n1. The zero-order chi connectivity index (χ0) is 11.1. The Labute approximate surface area is 88.7 Å². The van der Waals surface area contributed by atoms with Crippen LogP contribution in [0, 0.1) is 6.92 Å². The van der Waals surface area contributed by atoms with Gasteiger partial charge in [-0.3, -0.25) is 4.98 Å². The van der Waals surface area contributed by atoms with Crippen LogP contribution in [0.25, 0.3) is 10.9 Å². The van der Waals surface area contributed by atoms with E-state index in [1.807, 2.05) is 19.1 Å². The van der Waals surface area contributed by atoms with E-state index in [1.165, 1.54) is 6.26 Å². The maximum absolute atomic E-state index is 11.3. The Bertz CT molecular complexity index is 618. The van der Waals surface area contributed by atoms with Crippen molar-refractivity contribution in [2.75, 3.05) is 6.26 Å². The monoisotopic (exact) mass is 221 g/mol. The van der Waals surface area contributed by atoms with Crippen LogP contribution in [-0.2, 0) is 9.84 Å². The molecule has 15 heavy (non-hydrogen) atoms. The second-order valence-corrected chi connectivity index (χ2v) is 5.60. The molecule has 78 valence electrons. The molecule has 0 unspecified atom stereocenters. The minimum Gasteiger partial charge on any atom is -0.253 e. The number of hydrogen-bond acceptors (Lipinski definition) is 3. The van der Waals surface area contributed by atoms with Crippen molar-refractivity contribution in [1.82, 2.24) is 4.98 Å². The average Bonchev–Trinajstić information content (AvgIpc) is 2.15. The summed E-state index contributed by atoms with van der Waals surface area (Å²) in [4.78, 5) is 4.60. The number of aromatic nitrogens is 1. The molecule has 0 fully saturated rings. The Morgan fingerprint density at radius 1 is 1.13 bits per heavy atom. The van der Waals surface area contributed by atoms with E-state index in [4.69, 9.17) is 0 Å². The molecule has 4 heteroatoms. The second kappa shape index (κ2) is 3.31. The molecule has 0 aliphatic heterocycles. The largest absolute Gasteiger partial charge is 0.253 e. The number of rotatable bonds is 1. The van der Waals surface area contributed by atoms with E-state index < -0.39 is 9.84 Å². The van der Waals surface area contributed by atoms with E-state index in [2.05, 4.69) is 4.98 Å². The Hall–Kier alpha value is -1.42. The number of sulfone groups is 1. The summed E-state index contributed by atoms with van der Waals surface area (Å²) in [5.41, 5.74) is 1.60. The van der Waals surface area contributed by atoms with E-state index in [-0.39, 0.29) is 0 Å². The first-order chi connectivity index (χ1) is 6.97. The second-order valence-electron chi connectivity index (χ2n) is 3.58. The van der Waals surface area contributed by atoms with Gasteiger partial charge in [-0.1, -0.05) is 12.1 Å². The highest BCUT2D eigenvalue weighted by atomic mass is 32.2. The summed E-state index contributed by atoms with van der Waals surface area (Å²) in [7, 11) is -3.15. The lowest BCUT2D eigenvalue weighted by atomic mass is 10.2. The van der Waals surface area contributed by atoms with Crippen LogP contribution in [0.5, 0.6) is 0 Å². The summed E-state index contributed by atoms with van der Waals surface area (Å²) < 4.78 is 22.7. The third kappa shape index (κ3) is 1.99. The lowest BCUT2D eigenvalue weighted by Gasteiger charge is -2.01. The Morgan fingerprint density at radius 2 is 1.80 bits per heavy atom. The Kier molecular flexibility index (Phi) is 2.23. The molecule has 0 radical (unpaired) electrons. The van der Waals surface area contributed by atoms with E-state index in [9.17, 15) is 8.42 Å². The number of fused-ring (bicyclic) bond motifs is 1. The van der Waals surface area contributed by atoms with E-state index in [1.54, 1.807) is 18.2 Å². The number of pyridine rings is 1. The van der Waals surface area contributed by atoms with Gasteiger partial charge in [-0.25, -0.2) is 8.42 Å². The standard InChI is InChI=1S/C11H11NO2S/c1-8-3-4-9-5-6-10(15(2,13)14)7-11(9)12-8/h3-7H,1-2H3. The molecule has 1 aromatic carbocycles. The van der Waals surface area contributed by atoms with Gasteiger partial charge in [-0.15, -0.1) is 0 Å². The Morgan fingerprint density at radius 3 is 2.47 bits per heavy atom. The molecule has 0 aliphatic carbocycles. The molecule has 0 N–H and O–H groups in total. The number of aryl methyl sites for hydroxylation is 1. The molecule has 0 aliphatic rings. The fourth-order valence-electron chi connectivity index (χ4n) is 1.43. The summed E-state index contributed by atoms with van der Waals surface area (Å²) >= 11 is 0. The van der Waals surface area contributed by atoms with Crippen LogP contribution in [0.1, 0.15) is 5.69 Å². The van der Waals surface area contributed by atoms with Crippen LogP contribution in [0.2, 0.25) is 0 Å². The molecule has 0 saturated heterocycles. The predicted molar refractivity (Wildman–Crippen MR) is 59.6 cm³/mol. The molecule has 1 heterocycles. The molecular formula is C11H11NO2S. The molecule has 0 spiro atoms. The van der Waals surface area contributed by atoms with Gasteiger partial charge in [-0.2, -0.15) is 0 Å². The lowest BCUT2D eigenvalue weighted by molar-refractivity contribution is 0.602. The first-order valence-electron chi connectivity index (χ1n) is 4.54. The zero-order valence-electron chi connectivity index (χ0n) is 8.56. The van der Waals surface area contributed by atoms with Gasteiger partial charge in [-0.05, 0) is 25.1 Å². The Balaban J connectivity index is 2.75. The van der Waals surface area contributed by atoms with Gasteiger partial charge >= 0.3 is 0 Å². The van der Waals surface area contributed by atoms with Crippen molar-refractivity contribution in [2.24, 2.45) is 0 Å². The van der Waals surface area contributed by atoms with Gasteiger partial charge in [0.25, 0.3) is 0 Å². The van der Waals surface area contributed by atoms with Gasteiger partial charge in [0.05, 0.1) is 10.4 Å². The molecule has 0 amide bonds. The fourth-order valence-corrected chi connectivity index (χ4v) is 2.07. The van der Waals surface area contributed by atoms with Crippen molar-refractivity contribution in [3.05, 3.63) is 36.0 Å². The molecule has 0 atom stereocenters. The quantitative estimate of drug-likeness (QED) is 0.739. The van der Waals surface area contributed by atoms with E-state index in [0.717, 1.165) is 16.6 Å². The lowest BCUT2D eigenvalue weighted by Crippen LogP contribution is -1.97. The normalized spacial score (nSPS) is 11.9. The van der Waals surface area contributed by atoms with Crippen molar-refractivity contribution in [3.63, 3.8) is 0 Å². The van der Waals surface area contributed by atoms with Crippen molar-refractivity contribution in [2.45, 2.75) is 11.8 Å². The van der Waals surface area contributed by atoms with Gasteiger partial charge in [0, 0.05) is 17.3 Å². The highest BCUT2D eigenvalue weighted by molar-refractivity contribution is 7.90. The maximum Gasteiger partial charge on any atom is 0.175 e. The molecule has 3 nitrogen and oxygen atoms in total. The fraction of sp³-hybridized carbons (Fsp3) is 0.182. The number of nitrogens with zero attached hydrogens (tertiary/aromatic N) is 1.